The average molecular weight is 332 g/mol. The van der Waals surface area contributed by atoms with E-state index in [1.807, 2.05) is 6.92 Å². The van der Waals surface area contributed by atoms with Gasteiger partial charge in [0.15, 0.2) is 0 Å². The Hall–Kier alpha value is -1.88. The molecule has 0 bridgehead atoms. The summed E-state index contributed by atoms with van der Waals surface area (Å²) in [6.45, 7) is 8.21. The van der Waals surface area contributed by atoms with Crippen LogP contribution in [0.1, 0.15) is 43.6 Å². The number of carbonyl (C=O) groups is 1. The second-order valence-electron chi connectivity index (χ2n) is 6.11. The molecule has 124 valence electrons. The van der Waals surface area contributed by atoms with E-state index >= 15 is 0 Å². The standard InChI is InChI=1S/C18H24N2O2S/c1-5-14-6-8-15(9-7-14)17(12(2)3)19-16(21)10-20-13(4)11-23-18(20)22/h6-9,11-12,17H,5,10H2,1-4H3,(H,19,21)/t17-/m0/s1. The van der Waals surface area contributed by atoms with E-state index in [9.17, 15) is 9.59 Å². The van der Waals surface area contributed by atoms with Crippen LogP contribution in [0.2, 0.25) is 0 Å². The molecule has 2 aromatic rings. The summed E-state index contributed by atoms with van der Waals surface area (Å²) in [4.78, 5) is 24.0. The number of hydrogen-bond acceptors (Lipinski definition) is 3. The summed E-state index contributed by atoms with van der Waals surface area (Å²) in [7, 11) is 0. The van der Waals surface area contributed by atoms with Gasteiger partial charge in [0.05, 0.1) is 6.04 Å². The molecule has 0 fully saturated rings. The lowest BCUT2D eigenvalue weighted by Crippen LogP contribution is -2.36. The molecule has 0 saturated carbocycles. The topological polar surface area (TPSA) is 51.1 Å². The van der Waals surface area contributed by atoms with Crippen LogP contribution in [-0.4, -0.2) is 10.5 Å². The van der Waals surface area contributed by atoms with Crippen molar-refractivity contribution < 1.29 is 4.79 Å². The third-order valence-corrected chi connectivity index (χ3v) is 4.89. The lowest BCUT2D eigenvalue weighted by Gasteiger charge is -2.23. The first kappa shape index (κ1) is 17.5. The third-order valence-electron chi connectivity index (χ3n) is 4.01. The number of benzene rings is 1. The highest BCUT2D eigenvalue weighted by atomic mass is 32.1. The van der Waals surface area contributed by atoms with E-state index < -0.39 is 0 Å². The summed E-state index contributed by atoms with van der Waals surface area (Å²) in [6, 6.07) is 8.30. The number of thiazole rings is 1. The molecule has 0 aliphatic heterocycles. The molecule has 0 saturated heterocycles. The first-order valence-electron chi connectivity index (χ1n) is 7.95. The fraction of sp³-hybridized carbons (Fsp3) is 0.444. The number of hydrogen-bond donors (Lipinski definition) is 1. The molecule has 0 aliphatic rings. The van der Waals surface area contributed by atoms with Gasteiger partial charge in [-0.3, -0.25) is 14.2 Å². The van der Waals surface area contributed by atoms with E-state index in [0.29, 0.717) is 0 Å². The molecular weight excluding hydrogens is 308 g/mol. The van der Waals surface area contributed by atoms with Crippen LogP contribution >= 0.6 is 11.3 Å². The first-order valence-corrected chi connectivity index (χ1v) is 8.83. The number of amides is 1. The van der Waals surface area contributed by atoms with Gasteiger partial charge in [-0.15, -0.1) is 0 Å². The maximum absolute atomic E-state index is 12.4. The molecule has 2 rings (SSSR count). The summed E-state index contributed by atoms with van der Waals surface area (Å²) in [5.74, 6) is 0.138. The minimum absolute atomic E-state index is 0.0527. The molecule has 1 atom stereocenters. The SMILES string of the molecule is CCc1ccc([C@@H](NC(=O)Cn2c(C)csc2=O)C(C)C)cc1. The summed E-state index contributed by atoms with van der Waals surface area (Å²) in [5, 5.41) is 4.85. The Morgan fingerprint density at radius 1 is 1.26 bits per heavy atom. The van der Waals surface area contributed by atoms with Crippen molar-refractivity contribution in [2.24, 2.45) is 5.92 Å². The van der Waals surface area contributed by atoms with Crippen LogP contribution in [0, 0.1) is 12.8 Å². The highest BCUT2D eigenvalue weighted by Crippen LogP contribution is 2.22. The molecular formula is C18H24N2O2S. The van der Waals surface area contributed by atoms with Crippen LogP contribution < -0.4 is 10.2 Å². The minimum atomic E-state index is -0.133. The predicted molar refractivity (Wildman–Crippen MR) is 94.9 cm³/mol. The summed E-state index contributed by atoms with van der Waals surface area (Å²) < 4.78 is 1.51. The Balaban J connectivity index is 2.12. The van der Waals surface area contributed by atoms with Gasteiger partial charge >= 0.3 is 4.87 Å². The maximum atomic E-state index is 12.4. The molecule has 1 aromatic heterocycles. The Morgan fingerprint density at radius 2 is 1.91 bits per heavy atom. The van der Waals surface area contributed by atoms with Gasteiger partial charge in [-0.25, -0.2) is 0 Å². The quantitative estimate of drug-likeness (QED) is 0.882. The molecule has 0 radical (unpaired) electrons. The zero-order chi connectivity index (χ0) is 17.0. The molecule has 0 aliphatic carbocycles. The minimum Gasteiger partial charge on any atom is -0.347 e. The van der Waals surface area contributed by atoms with Gasteiger partial charge < -0.3 is 5.32 Å². The Bertz CT molecular complexity index is 713. The van der Waals surface area contributed by atoms with Gasteiger partial charge in [-0.2, -0.15) is 0 Å². The number of carbonyl (C=O) groups excluding carboxylic acids is 1. The largest absolute Gasteiger partial charge is 0.347 e. The highest BCUT2D eigenvalue weighted by molar-refractivity contribution is 7.07. The van der Waals surface area contributed by atoms with Crippen molar-refractivity contribution in [3.05, 3.63) is 56.1 Å². The second kappa shape index (κ2) is 7.59. The maximum Gasteiger partial charge on any atom is 0.307 e. The Labute approximate surface area is 141 Å². The van der Waals surface area contributed by atoms with E-state index in [0.717, 1.165) is 29.0 Å². The van der Waals surface area contributed by atoms with Crippen molar-refractivity contribution >= 4 is 17.2 Å². The molecule has 1 N–H and O–H groups in total. The zero-order valence-corrected chi connectivity index (χ0v) is 14.9. The van der Waals surface area contributed by atoms with E-state index in [2.05, 4.69) is 50.4 Å². The molecule has 5 heteroatoms. The van der Waals surface area contributed by atoms with Gasteiger partial charge in [-0.05, 0) is 30.4 Å². The average Bonchev–Trinajstić information content (AvgIpc) is 2.84. The summed E-state index contributed by atoms with van der Waals surface area (Å²) in [5.41, 5.74) is 3.20. The first-order chi connectivity index (χ1) is 10.9. The number of aryl methyl sites for hydroxylation is 2. The molecule has 0 unspecified atom stereocenters. The van der Waals surface area contributed by atoms with Crippen LogP contribution in [0.4, 0.5) is 0 Å². The third kappa shape index (κ3) is 4.32. The van der Waals surface area contributed by atoms with Crippen molar-refractivity contribution in [1.82, 2.24) is 9.88 Å². The monoisotopic (exact) mass is 332 g/mol. The molecule has 1 aromatic carbocycles. The Kier molecular flexibility index (Phi) is 5.77. The lowest BCUT2D eigenvalue weighted by atomic mass is 9.95. The highest BCUT2D eigenvalue weighted by Gasteiger charge is 2.19. The van der Waals surface area contributed by atoms with Gasteiger partial charge in [0, 0.05) is 11.1 Å². The number of aromatic nitrogens is 1. The summed E-state index contributed by atoms with van der Waals surface area (Å²) in [6.07, 6.45) is 0.999. The van der Waals surface area contributed by atoms with Crippen molar-refractivity contribution in [3.8, 4) is 0 Å². The van der Waals surface area contributed by atoms with Gasteiger partial charge in [-0.1, -0.05) is 56.4 Å². The Morgan fingerprint density at radius 3 is 2.39 bits per heavy atom. The lowest BCUT2D eigenvalue weighted by molar-refractivity contribution is -0.122. The fourth-order valence-corrected chi connectivity index (χ4v) is 3.29. The van der Waals surface area contributed by atoms with Gasteiger partial charge in [0.2, 0.25) is 5.91 Å². The van der Waals surface area contributed by atoms with E-state index in [1.54, 1.807) is 5.38 Å². The van der Waals surface area contributed by atoms with Crippen LogP contribution in [0.5, 0.6) is 0 Å². The zero-order valence-electron chi connectivity index (χ0n) is 14.1. The van der Waals surface area contributed by atoms with Crippen molar-refractivity contribution in [3.63, 3.8) is 0 Å². The number of nitrogens with one attached hydrogen (secondary N) is 1. The second-order valence-corrected chi connectivity index (χ2v) is 6.93. The van der Waals surface area contributed by atoms with Crippen LogP contribution in [0.25, 0.3) is 0 Å². The predicted octanol–water partition coefficient (Wildman–Crippen LogP) is 3.29. The van der Waals surface area contributed by atoms with Crippen LogP contribution in [0.3, 0.4) is 0 Å². The number of rotatable bonds is 6. The van der Waals surface area contributed by atoms with Crippen molar-refractivity contribution in [2.45, 2.75) is 46.7 Å². The van der Waals surface area contributed by atoms with Crippen LogP contribution in [-0.2, 0) is 17.8 Å². The normalized spacial score (nSPS) is 12.4. The smallest absolute Gasteiger partial charge is 0.307 e. The van der Waals surface area contributed by atoms with Crippen molar-refractivity contribution in [2.75, 3.05) is 0 Å². The summed E-state index contributed by atoms with van der Waals surface area (Å²) >= 11 is 1.13. The van der Waals surface area contributed by atoms with E-state index in [-0.39, 0.29) is 29.3 Å². The molecule has 23 heavy (non-hydrogen) atoms. The van der Waals surface area contributed by atoms with E-state index in [4.69, 9.17) is 0 Å². The van der Waals surface area contributed by atoms with E-state index in [1.165, 1.54) is 10.1 Å². The van der Waals surface area contributed by atoms with Gasteiger partial charge in [0.1, 0.15) is 6.54 Å². The molecule has 1 amide bonds. The van der Waals surface area contributed by atoms with Gasteiger partial charge in [0.25, 0.3) is 0 Å². The molecule has 4 nitrogen and oxygen atoms in total. The number of nitrogens with zero attached hydrogens (tertiary/aromatic N) is 1. The molecule has 1 heterocycles. The van der Waals surface area contributed by atoms with Crippen molar-refractivity contribution in [1.29, 1.82) is 0 Å². The fourth-order valence-electron chi connectivity index (χ4n) is 2.55. The molecule has 0 spiro atoms. The van der Waals surface area contributed by atoms with Crippen LogP contribution in [0.15, 0.2) is 34.4 Å².